The van der Waals surface area contributed by atoms with Crippen LogP contribution in [0.2, 0.25) is 0 Å². The van der Waals surface area contributed by atoms with Crippen molar-refractivity contribution < 1.29 is 32.8 Å². The number of hydrogen-bond acceptors (Lipinski definition) is 7. The number of carbonyl (C=O) groups is 2. The first-order chi connectivity index (χ1) is 14.0. The predicted octanol–water partition coefficient (Wildman–Crippen LogP) is -2.56. The molecule has 4 rings (SSSR count). The van der Waals surface area contributed by atoms with Crippen LogP contribution in [0.4, 0.5) is 0 Å². The van der Waals surface area contributed by atoms with Gasteiger partial charge in [0.2, 0.25) is 17.1 Å². The van der Waals surface area contributed by atoms with Gasteiger partial charge in [0.1, 0.15) is 18.4 Å². The number of fused-ring (bicyclic) bond motifs is 2. The summed E-state index contributed by atoms with van der Waals surface area (Å²) >= 11 is 1.39. The Balaban J connectivity index is 1.63. The molecule has 0 aromatic carbocycles. The fourth-order valence-electron chi connectivity index (χ4n) is 4.36. The van der Waals surface area contributed by atoms with E-state index in [-0.39, 0.29) is 24.7 Å². The number of rotatable bonds is 7. The van der Waals surface area contributed by atoms with E-state index in [9.17, 15) is 28.2 Å². The molecular weight excluding hydrogens is 434 g/mol. The van der Waals surface area contributed by atoms with E-state index in [1.807, 2.05) is 6.92 Å². The molecule has 11 nitrogen and oxygen atoms in total. The molecular formula is C17H21N5O6S2. The van der Waals surface area contributed by atoms with E-state index >= 15 is 0 Å². The number of aromatic nitrogens is 2. The van der Waals surface area contributed by atoms with Crippen molar-refractivity contribution in [1.29, 1.82) is 0 Å². The maximum atomic E-state index is 12.4. The molecule has 0 aliphatic carbocycles. The molecule has 2 aromatic heterocycles. The van der Waals surface area contributed by atoms with Crippen LogP contribution in [-0.4, -0.2) is 46.8 Å². The van der Waals surface area contributed by atoms with E-state index in [1.165, 1.54) is 23.2 Å². The Morgan fingerprint density at radius 1 is 1.50 bits per heavy atom. The van der Waals surface area contributed by atoms with Gasteiger partial charge in [-0.25, -0.2) is 9.71 Å². The average Bonchev–Trinajstić information content (AvgIpc) is 3.24. The predicted molar refractivity (Wildman–Crippen MR) is 102 cm³/mol. The Hall–Kier alpha value is -2.32. The maximum absolute atomic E-state index is 12.4. The molecule has 1 saturated heterocycles. The van der Waals surface area contributed by atoms with E-state index in [2.05, 4.69) is 4.72 Å². The molecule has 0 spiro atoms. The van der Waals surface area contributed by atoms with Crippen molar-refractivity contribution in [2.45, 2.75) is 39.1 Å². The number of carbonyl (C=O) groups excluding carboxylic acids is 2. The summed E-state index contributed by atoms with van der Waals surface area (Å²) in [5, 5.41) is 28.5. The summed E-state index contributed by atoms with van der Waals surface area (Å²) in [5.41, 5.74) is 1.08. The van der Waals surface area contributed by atoms with Crippen LogP contribution in [0.25, 0.3) is 4.83 Å². The molecule has 4 N–H and O–H groups in total. The SMILES string of the molecule is CC1C(C[n+]2cc3scc(CNS(N)(=O)=O)n3c2)=C(C(=O)[O-])N2C(=O)[C@H]([C@@H](C)O)[C@@H]12. The fourth-order valence-corrected chi connectivity index (χ4v) is 5.63. The highest BCUT2D eigenvalue weighted by Gasteiger charge is 2.58. The molecule has 2 aliphatic rings. The van der Waals surface area contributed by atoms with Gasteiger partial charge >= 0.3 is 0 Å². The number of hydrogen-bond donors (Lipinski definition) is 3. The highest BCUT2D eigenvalue weighted by Crippen LogP contribution is 2.46. The Morgan fingerprint density at radius 2 is 2.20 bits per heavy atom. The third-order valence-corrected chi connectivity index (χ3v) is 7.20. The van der Waals surface area contributed by atoms with E-state index in [4.69, 9.17) is 5.14 Å². The summed E-state index contributed by atoms with van der Waals surface area (Å²) in [6, 6.07) is -0.403. The normalized spacial score (nSPS) is 25.0. The Bertz CT molecular complexity index is 1180. The number of amides is 1. The minimum Gasteiger partial charge on any atom is -0.543 e. The summed E-state index contributed by atoms with van der Waals surface area (Å²) in [6.07, 6.45) is 2.66. The van der Waals surface area contributed by atoms with Gasteiger partial charge in [-0.3, -0.25) is 4.79 Å². The van der Waals surface area contributed by atoms with Gasteiger partial charge in [0, 0.05) is 16.9 Å². The molecule has 1 fully saturated rings. The van der Waals surface area contributed by atoms with Crippen molar-refractivity contribution in [3.05, 3.63) is 34.9 Å². The summed E-state index contributed by atoms with van der Waals surface area (Å²) in [4.78, 5) is 26.3. The lowest BCUT2D eigenvalue weighted by molar-refractivity contribution is -0.688. The molecule has 1 unspecified atom stereocenters. The standard InChI is InChI=1S/C17H21N5O6S2/c1-8-11(15(17(25)26)22-14(8)13(9(2)23)16(22)24)4-20-5-12-21(7-20)10(6-29-12)3-19-30(18,27)28/h5-9,13-14,19,23H,3-4H2,1-2H3,(H2-,18,25,26,27,28)/t8?,9-,13-,14-/m1/s1. The third-order valence-electron chi connectivity index (χ3n) is 5.72. The molecule has 4 heterocycles. The zero-order chi connectivity index (χ0) is 22.0. The van der Waals surface area contributed by atoms with Crippen LogP contribution in [0.3, 0.4) is 0 Å². The monoisotopic (exact) mass is 455 g/mol. The molecule has 2 aromatic rings. The van der Waals surface area contributed by atoms with Gasteiger partial charge in [-0.05, 0) is 6.92 Å². The van der Waals surface area contributed by atoms with Crippen molar-refractivity contribution in [3.8, 4) is 0 Å². The van der Waals surface area contributed by atoms with Crippen LogP contribution in [0.15, 0.2) is 29.2 Å². The van der Waals surface area contributed by atoms with Gasteiger partial charge in [-0.1, -0.05) is 18.3 Å². The molecule has 13 heteroatoms. The van der Waals surface area contributed by atoms with Gasteiger partial charge in [0.15, 0.2) is 0 Å². The molecule has 4 atom stereocenters. The van der Waals surface area contributed by atoms with Crippen molar-refractivity contribution >= 4 is 38.3 Å². The first-order valence-corrected chi connectivity index (χ1v) is 11.6. The van der Waals surface area contributed by atoms with Crippen LogP contribution in [0.1, 0.15) is 19.5 Å². The summed E-state index contributed by atoms with van der Waals surface area (Å²) in [6.45, 7) is 3.59. The fraction of sp³-hybridized carbons (Fsp3) is 0.471. The van der Waals surface area contributed by atoms with Gasteiger partial charge in [-0.15, -0.1) is 0 Å². The zero-order valence-electron chi connectivity index (χ0n) is 16.2. The number of thiazole rings is 1. The lowest BCUT2D eigenvalue weighted by Crippen LogP contribution is -2.64. The number of β-lactam (4-membered cyclic amide) rings is 1. The van der Waals surface area contributed by atoms with Crippen molar-refractivity contribution in [3.63, 3.8) is 0 Å². The minimum atomic E-state index is -3.83. The van der Waals surface area contributed by atoms with E-state index in [0.717, 1.165) is 4.83 Å². The number of aliphatic hydroxyl groups excluding tert-OH is 1. The van der Waals surface area contributed by atoms with Crippen molar-refractivity contribution in [1.82, 2.24) is 14.0 Å². The van der Waals surface area contributed by atoms with Crippen LogP contribution in [-0.2, 0) is 32.9 Å². The highest BCUT2D eigenvalue weighted by molar-refractivity contribution is 7.87. The average molecular weight is 456 g/mol. The van der Waals surface area contributed by atoms with Crippen molar-refractivity contribution in [2.24, 2.45) is 17.0 Å². The Morgan fingerprint density at radius 3 is 2.80 bits per heavy atom. The lowest BCUT2D eigenvalue weighted by atomic mass is 9.78. The van der Waals surface area contributed by atoms with Crippen LogP contribution >= 0.6 is 11.3 Å². The minimum absolute atomic E-state index is 0.0112. The van der Waals surface area contributed by atoms with Crippen molar-refractivity contribution in [2.75, 3.05) is 0 Å². The highest BCUT2D eigenvalue weighted by atomic mass is 32.2. The third kappa shape index (κ3) is 3.32. The Labute approximate surface area is 176 Å². The largest absolute Gasteiger partial charge is 0.543 e. The van der Waals surface area contributed by atoms with Crippen LogP contribution in [0.5, 0.6) is 0 Å². The van der Waals surface area contributed by atoms with Crippen LogP contribution < -0.4 is 19.5 Å². The maximum Gasteiger partial charge on any atom is 0.274 e. The van der Waals surface area contributed by atoms with E-state index in [1.54, 1.807) is 26.9 Å². The second kappa shape index (κ2) is 7.13. The smallest absolute Gasteiger partial charge is 0.274 e. The quantitative estimate of drug-likeness (QED) is 0.307. The number of nitrogens with two attached hydrogens (primary N) is 1. The number of imidazole rings is 1. The molecule has 0 radical (unpaired) electrons. The van der Waals surface area contributed by atoms with Gasteiger partial charge in [0.05, 0.1) is 36.3 Å². The number of carboxylic acids is 1. The van der Waals surface area contributed by atoms with E-state index < -0.39 is 40.1 Å². The molecule has 162 valence electrons. The second-order valence-corrected chi connectivity index (χ2v) is 9.90. The lowest BCUT2D eigenvalue weighted by Gasteiger charge is -2.47. The summed E-state index contributed by atoms with van der Waals surface area (Å²) < 4.78 is 28.1. The molecule has 0 bridgehead atoms. The second-order valence-electron chi connectivity index (χ2n) is 7.63. The molecule has 0 saturated carbocycles. The molecule has 1 amide bonds. The van der Waals surface area contributed by atoms with Crippen LogP contribution in [0, 0.1) is 11.8 Å². The van der Waals surface area contributed by atoms with Gasteiger partial charge in [-0.2, -0.15) is 17.5 Å². The van der Waals surface area contributed by atoms with Gasteiger partial charge in [0.25, 0.3) is 10.2 Å². The number of aliphatic carboxylic acids is 1. The molecule has 30 heavy (non-hydrogen) atoms. The number of nitrogens with one attached hydrogen (secondary N) is 1. The first-order valence-electron chi connectivity index (χ1n) is 9.20. The number of carboxylic acid groups (broad SMARTS) is 1. The van der Waals surface area contributed by atoms with Gasteiger partial charge < -0.3 is 19.9 Å². The van der Waals surface area contributed by atoms with E-state index in [0.29, 0.717) is 11.3 Å². The number of aliphatic hydroxyl groups is 1. The number of nitrogens with zero attached hydrogens (tertiary/aromatic N) is 3. The molecule has 2 aliphatic heterocycles. The summed E-state index contributed by atoms with van der Waals surface area (Å²) in [7, 11) is -3.83. The topological polar surface area (TPSA) is 161 Å². The first kappa shape index (κ1) is 20.9. The summed E-state index contributed by atoms with van der Waals surface area (Å²) in [5.74, 6) is -2.72. The zero-order valence-corrected chi connectivity index (χ0v) is 17.8. The Kier molecular flexibility index (Phi) is 4.97.